The average Bonchev–Trinajstić information content (AvgIpc) is 3.09. The number of thiocarbonyl (C=S) groups is 1. The maximum Gasteiger partial charge on any atom is 0.264 e. The van der Waals surface area contributed by atoms with E-state index >= 15 is 0 Å². The Bertz CT molecular complexity index is 944. The number of anilines is 1. The van der Waals surface area contributed by atoms with Gasteiger partial charge in [-0.2, -0.15) is 0 Å². The fourth-order valence-electron chi connectivity index (χ4n) is 5.51. The number of amides is 2. The summed E-state index contributed by atoms with van der Waals surface area (Å²) in [5.74, 6) is 0.165. The van der Waals surface area contributed by atoms with E-state index in [-0.39, 0.29) is 17.4 Å². The Morgan fingerprint density at radius 1 is 1.22 bits per heavy atom. The van der Waals surface area contributed by atoms with E-state index in [1.54, 1.807) is 0 Å². The molecule has 1 saturated carbocycles. The molecule has 1 aromatic rings. The van der Waals surface area contributed by atoms with Crippen LogP contribution in [0.5, 0.6) is 0 Å². The lowest BCUT2D eigenvalue weighted by atomic mass is 9.70. The Kier molecular flexibility index (Phi) is 3.82. The van der Waals surface area contributed by atoms with E-state index in [1.807, 2.05) is 0 Å². The number of hydrogen-bond acceptors (Lipinski definition) is 4. The van der Waals surface area contributed by atoms with Crippen LogP contribution >= 0.6 is 24.0 Å². The molecule has 1 atom stereocenters. The summed E-state index contributed by atoms with van der Waals surface area (Å²) in [6, 6.07) is 4.29. The second-order valence-electron chi connectivity index (χ2n) is 8.33. The molecule has 1 unspecified atom stereocenters. The maximum atomic E-state index is 13.7. The van der Waals surface area contributed by atoms with Gasteiger partial charge in [0.2, 0.25) is 0 Å². The van der Waals surface area contributed by atoms with Gasteiger partial charge in [0, 0.05) is 11.1 Å². The third kappa shape index (κ3) is 2.39. The minimum absolute atomic E-state index is 0.00648. The van der Waals surface area contributed by atoms with Crippen molar-refractivity contribution in [2.24, 2.45) is 0 Å². The molecule has 0 bridgehead atoms. The van der Waals surface area contributed by atoms with Gasteiger partial charge >= 0.3 is 0 Å². The van der Waals surface area contributed by atoms with Crippen molar-refractivity contribution in [2.45, 2.75) is 63.8 Å². The van der Waals surface area contributed by atoms with E-state index < -0.39 is 0 Å². The SMILES string of the molecule is Cc1cc2c3c(c1)C(C)CC1(CCCCC1)N3C(=O)/C2=C1\SC(=S)NC1=O. The van der Waals surface area contributed by atoms with Gasteiger partial charge in [-0.25, -0.2) is 0 Å². The number of benzene rings is 1. The zero-order valence-electron chi connectivity index (χ0n) is 15.6. The number of carbonyl (C=O) groups excluding carboxylic acids is 2. The van der Waals surface area contributed by atoms with Crippen LogP contribution in [0, 0.1) is 6.92 Å². The average molecular weight is 399 g/mol. The molecular formula is C21H22N2O2S2. The van der Waals surface area contributed by atoms with Gasteiger partial charge in [0.25, 0.3) is 11.8 Å². The fourth-order valence-corrected chi connectivity index (χ4v) is 6.63. The summed E-state index contributed by atoms with van der Waals surface area (Å²) < 4.78 is 0.429. The summed E-state index contributed by atoms with van der Waals surface area (Å²) in [7, 11) is 0. The summed E-state index contributed by atoms with van der Waals surface area (Å²) in [5.41, 5.74) is 4.81. The molecule has 6 heteroatoms. The van der Waals surface area contributed by atoms with E-state index in [0.717, 1.165) is 48.9 Å². The van der Waals surface area contributed by atoms with E-state index in [4.69, 9.17) is 12.2 Å². The third-order valence-electron chi connectivity index (χ3n) is 6.51. The van der Waals surface area contributed by atoms with Crippen LogP contribution in [-0.4, -0.2) is 21.7 Å². The molecule has 4 nitrogen and oxygen atoms in total. The van der Waals surface area contributed by atoms with Crippen molar-refractivity contribution in [3.05, 3.63) is 33.7 Å². The molecule has 3 aliphatic heterocycles. The van der Waals surface area contributed by atoms with E-state index in [2.05, 4.69) is 36.2 Å². The first-order valence-corrected chi connectivity index (χ1v) is 10.9. The maximum absolute atomic E-state index is 13.7. The lowest BCUT2D eigenvalue weighted by Gasteiger charge is -2.50. The second-order valence-corrected chi connectivity index (χ2v) is 10.0. The lowest BCUT2D eigenvalue weighted by molar-refractivity contribution is -0.117. The molecule has 1 N–H and O–H groups in total. The zero-order chi connectivity index (χ0) is 18.9. The molecule has 1 aliphatic carbocycles. The number of aryl methyl sites for hydroxylation is 1. The van der Waals surface area contributed by atoms with Crippen LogP contribution < -0.4 is 10.2 Å². The molecule has 0 radical (unpaired) electrons. The number of nitrogens with one attached hydrogen (secondary N) is 1. The van der Waals surface area contributed by atoms with Crippen molar-refractivity contribution in [1.29, 1.82) is 0 Å². The predicted molar refractivity (Wildman–Crippen MR) is 113 cm³/mol. The van der Waals surface area contributed by atoms with Crippen LogP contribution in [0.1, 0.15) is 68.1 Å². The number of thioether (sulfide) groups is 1. The van der Waals surface area contributed by atoms with Crippen molar-refractivity contribution >= 4 is 51.4 Å². The Hall–Kier alpha value is -1.66. The first-order chi connectivity index (χ1) is 12.9. The summed E-state index contributed by atoms with van der Waals surface area (Å²) in [6.07, 6.45) is 6.68. The van der Waals surface area contributed by atoms with Crippen molar-refractivity contribution in [3.8, 4) is 0 Å². The first-order valence-electron chi connectivity index (χ1n) is 9.68. The quantitative estimate of drug-likeness (QED) is 0.519. The van der Waals surface area contributed by atoms with Gasteiger partial charge in [-0.1, -0.05) is 61.8 Å². The summed E-state index contributed by atoms with van der Waals surface area (Å²) in [4.78, 5) is 28.8. The van der Waals surface area contributed by atoms with Crippen LogP contribution in [0.2, 0.25) is 0 Å². The van der Waals surface area contributed by atoms with Crippen molar-refractivity contribution in [3.63, 3.8) is 0 Å². The topological polar surface area (TPSA) is 49.4 Å². The number of rotatable bonds is 0. The minimum Gasteiger partial charge on any atom is -0.307 e. The molecule has 2 fully saturated rings. The Balaban J connectivity index is 1.79. The van der Waals surface area contributed by atoms with E-state index in [0.29, 0.717) is 20.7 Å². The molecule has 4 aliphatic rings. The van der Waals surface area contributed by atoms with Crippen molar-refractivity contribution < 1.29 is 9.59 Å². The van der Waals surface area contributed by atoms with Crippen LogP contribution in [0.25, 0.3) is 5.57 Å². The number of carbonyl (C=O) groups is 2. The molecule has 1 aromatic carbocycles. The van der Waals surface area contributed by atoms with E-state index in [1.165, 1.54) is 23.7 Å². The molecule has 2 amide bonds. The van der Waals surface area contributed by atoms with Gasteiger partial charge < -0.3 is 10.2 Å². The molecule has 5 rings (SSSR count). The Labute approximate surface area is 168 Å². The number of nitrogens with zero attached hydrogens (tertiary/aromatic N) is 1. The standard InChI is InChI=1S/C21H22N2O2S2/c1-11-8-13-12(2)10-21(6-4-3-5-7-21)23-16(13)14(9-11)15(19(23)25)17-18(24)22-20(26)27-17/h8-9,12H,3-7,10H2,1-2H3,(H,22,24,26)/b17-15-. The predicted octanol–water partition coefficient (Wildman–Crippen LogP) is 4.41. The first kappa shape index (κ1) is 17.4. The van der Waals surface area contributed by atoms with Crippen LogP contribution in [0.15, 0.2) is 17.0 Å². The van der Waals surface area contributed by atoms with Gasteiger partial charge in [-0.3, -0.25) is 9.59 Å². The van der Waals surface area contributed by atoms with Gasteiger partial charge in [0.15, 0.2) is 0 Å². The van der Waals surface area contributed by atoms with Crippen LogP contribution in [0.3, 0.4) is 0 Å². The normalized spacial score (nSPS) is 28.7. The van der Waals surface area contributed by atoms with Gasteiger partial charge in [-0.05, 0) is 43.7 Å². The van der Waals surface area contributed by atoms with Gasteiger partial charge in [0.1, 0.15) is 4.32 Å². The summed E-state index contributed by atoms with van der Waals surface area (Å²) in [5, 5.41) is 2.68. The molecule has 1 saturated heterocycles. The molecule has 3 heterocycles. The second kappa shape index (κ2) is 5.92. The molecular weight excluding hydrogens is 376 g/mol. The van der Waals surface area contributed by atoms with Gasteiger partial charge in [-0.15, -0.1) is 0 Å². The molecule has 1 spiro atoms. The summed E-state index contributed by atoms with van der Waals surface area (Å²) >= 11 is 6.40. The largest absolute Gasteiger partial charge is 0.307 e. The lowest BCUT2D eigenvalue weighted by Crippen LogP contribution is -2.54. The Morgan fingerprint density at radius 2 is 1.96 bits per heavy atom. The zero-order valence-corrected chi connectivity index (χ0v) is 17.2. The highest BCUT2D eigenvalue weighted by Gasteiger charge is 2.53. The Morgan fingerprint density at radius 3 is 2.63 bits per heavy atom. The van der Waals surface area contributed by atoms with Crippen molar-refractivity contribution in [2.75, 3.05) is 4.90 Å². The molecule has 0 aromatic heterocycles. The molecule has 140 valence electrons. The highest BCUT2D eigenvalue weighted by molar-refractivity contribution is 8.27. The smallest absolute Gasteiger partial charge is 0.264 e. The number of hydrogen-bond donors (Lipinski definition) is 1. The van der Waals surface area contributed by atoms with Crippen LogP contribution in [0.4, 0.5) is 5.69 Å². The highest BCUT2D eigenvalue weighted by Crippen LogP contribution is 2.57. The molecule has 27 heavy (non-hydrogen) atoms. The van der Waals surface area contributed by atoms with Crippen LogP contribution in [-0.2, 0) is 9.59 Å². The van der Waals surface area contributed by atoms with E-state index in [9.17, 15) is 9.59 Å². The third-order valence-corrected chi connectivity index (χ3v) is 7.75. The number of fused-ring (bicyclic) bond motifs is 1. The summed E-state index contributed by atoms with van der Waals surface area (Å²) in [6.45, 7) is 4.35. The van der Waals surface area contributed by atoms with Crippen molar-refractivity contribution in [1.82, 2.24) is 5.32 Å². The monoisotopic (exact) mass is 398 g/mol. The van der Waals surface area contributed by atoms with Gasteiger partial charge in [0.05, 0.1) is 16.2 Å². The highest BCUT2D eigenvalue weighted by atomic mass is 32.2. The minimum atomic E-state index is -0.241. The fraction of sp³-hybridized carbons (Fsp3) is 0.476.